The molecule has 0 atom stereocenters. The average molecular weight is 398 g/mol. The Morgan fingerprint density at radius 2 is 2.11 bits per heavy atom. The molecule has 3 aromatic heterocycles. The number of nitrogens with zero attached hydrogens (tertiary/aromatic N) is 4. The molecule has 0 aliphatic carbocycles. The van der Waals surface area contributed by atoms with Gasteiger partial charge in [0.15, 0.2) is 0 Å². The number of hydrogen-bond donors (Lipinski definition) is 1. The Bertz CT molecular complexity index is 1000. The summed E-state index contributed by atoms with van der Waals surface area (Å²) in [5, 5.41) is 10.3. The van der Waals surface area contributed by atoms with Crippen LogP contribution in [0.3, 0.4) is 0 Å². The van der Waals surface area contributed by atoms with E-state index in [2.05, 4.69) is 27.5 Å². The van der Waals surface area contributed by atoms with E-state index in [1.165, 1.54) is 9.58 Å². The van der Waals surface area contributed by atoms with E-state index in [0.717, 1.165) is 10.5 Å². The molecule has 1 amide bonds. The lowest BCUT2D eigenvalue weighted by molar-refractivity contribution is -0.117. The number of aromatic nitrogens is 3. The largest absolute Gasteiger partial charge is 0.310 e. The fraction of sp³-hybridized carbons (Fsp3) is 0.211. The van der Waals surface area contributed by atoms with Crippen molar-refractivity contribution < 1.29 is 4.79 Å². The molecule has 8 heteroatoms. The maximum Gasteiger partial charge on any atom is 0.239 e. The highest BCUT2D eigenvalue weighted by Gasteiger charge is 2.12. The Hall–Kier alpha value is -2.55. The lowest BCUT2D eigenvalue weighted by Gasteiger charge is -2.15. The molecule has 0 saturated heterocycles. The summed E-state index contributed by atoms with van der Waals surface area (Å²) in [4.78, 5) is 20.2. The van der Waals surface area contributed by atoms with Crippen LogP contribution in [0.15, 0.2) is 54.0 Å². The van der Waals surface area contributed by atoms with Crippen molar-refractivity contribution in [2.75, 3.05) is 18.9 Å². The van der Waals surface area contributed by atoms with Crippen molar-refractivity contribution in [3.63, 3.8) is 0 Å². The van der Waals surface area contributed by atoms with E-state index in [0.29, 0.717) is 25.5 Å². The van der Waals surface area contributed by atoms with Crippen LogP contribution in [0.25, 0.3) is 10.2 Å². The summed E-state index contributed by atoms with van der Waals surface area (Å²) in [5.41, 5.74) is 1.01. The number of anilines is 1. The van der Waals surface area contributed by atoms with Crippen LogP contribution in [0.1, 0.15) is 9.88 Å². The maximum atomic E-state index is 12.4. The predicted octanol–water partition coefficient (Wildman–Crippen LogP) is 3.67. The van der Waals surface area contributed by atoms with Gasteiger partial charge in [-0.2, -0.15) is 5.10 Å². The van der Waals surface area contributed by atoms with Crippen molar-refractivity contribution in [3.8, 4) is 0 Å². The summed E-state index contributed by atoms with van der Waals surface area (Å²) in [5.74, 6) is 0.647. The minimum Gasteiger partial charge on any atom is -0.310 e. The lowest BCUT2D eigenvalue weighted by Crippen LogP contribution is -2.30. The van der Waals surface area contributed by atoms with Crippen LogP contribution in [0.5, 0.6) is 0 Å². The fourth-order valence-corrected chi connectivity index (χ4v) is 4.55. The van der Waals surface area contributed by atoms with Gasteiger partial charge in [0.2, 0.25) is 5.91 Å². The summed E-state index contributed by atoms with van der Waals surface area (Å²) < 4.78 is 2.97. The standard InChI is InChI=1S/C19H19N5OS2/c1-23(13-19-21-15-6-2-3-7-16(15)27-19)12-18(25)22-17-8-9-20-24(17)11-14-5-4-10-26-14/h2-10H,11-13H2,1H3,(H,22,25). The average Bonchev–Trinajstić information content (AvgIpc) is 3.36. The first-order valence-corrected chi connectivity index (χ1v) is 10.2. The van der Waals surface area contributed by atoms with Crippen molar-refractivity contribution >= 4 is 44.6 Å². The second-order valence-electron chi connectivity index (χ2n) is 6.25. The molecule has 27 heavy (non-hydrogen) atoms. The van der Waals surface area contributed by atoms with Crippen LogP contribution >= 0.6 is 22.7 Å². The van der Waals surface area contributed by atoms with Gasteiger partial charge in [0.25, 0.3) is 0 Å². The van der Waals surface area contributed by atoms with Crippen molar-refractivity contribution in [3.05, 3.63) is 63.9 Å². The van der Waals surface area contributed by atoms with Crippen molar-refractivity contribution in [1.82, 2.24) is 19.7 Å². The smallest absolute Gasteiger partial charge is 0.239 e. The number of carbonyl (C=O) groups excluding carboxylic acids is 1. The first-order chi connectivity index (χ1) is 13.2. The maximum absolute atomic E-state index is 12.4. The zero-order chi connectivity index (χ0) is 18.6. The minimum absolute atomic E-state index is 0.0634. The zero-order valence-electron chi connectivity index (χ0n) is 14.8. The molecule has 138 valence electrons. The van der Waals surface area contributed by atoms with Gasteiger partial charge in [0.1, 0.15) is 10.8 Å². The van der Waals surface area contributed by atoms with E-state index >= 15 is 0 Å². The van der Waals surface area contributed by atoms with Crippen LogP contribution in [0, 0.1) is 0 Å². The monoisotopic (exact) mass is 397 g/mol. The van der Waals surface area contributed by atoms with Crippen LogP contribution in [-0.2, 0) is 17.9 Å². The Balaban J connectivity index is 1.34. The molecule has 0 fully saturated rings. The van der Waals surface area contributed by atoms with E-state index in [9.17, 15) is 4.79 Å². The molecule has 1 aromatic carbocycles. The topological polar surface area (TPSA) is 63.1 Å². The second-order valence-corrected chi connectivity index (χ2v) is 8.40. The number of para-hydroxylation sites is 1. The van der Waals surface area contributed by atoms with Gasteiger partial charge in [-0.05, 0) is 30.6 Å². The summed E-state index contributed by atoms with van der Waals surface area (Å²) in [6.45, 7) is 1.59. The highest BCUT2D eigenvalue weighted by Crippen LogP contribution is 2.22. The Morgan fingerprint density at radius 1 is 1.22 bits per heavy atom. The molecule has 0 aliphatic rings. The third-order valence-electron chi connectivity index (χ3n) is 4.03. The van der Waals surface area contributed by atoms with E-state index in [4.69, 9.17) is 0 Å². The van der Waals surface area contributed by atoms with Gasteiger partial charge >= 0.3 is 0 Å². The summed E-state index contributed by atoms with van der Waals surface area (Å²) in [6, 6.07) is 14.0. The molecular weight excluding hydrogens is 378 g/mol. The molecular formula is C19H19N5OS2. The number of benzene rings is 1. The van der Waals surface area contributed by atoms with Crippen LogP contribution in [0.2, 0.25) is 0 Å². The number of thiophene rings is 1. The first kappa shape index (κ1) is 17.8. The number of nitrogens with one attached hydrogen (secondary N) is 1. The van der Waals surface area contributed by atoms with E-state index < -0.39 is 0 Å². The third-order valence-corrected chi connectivity index (χ3v) is 5.91. The molecule has 1 N–H and O–H groups in total. The quantitative estimate of drug-likeness (QED) is 0.517. The summed E-state index contributed by atoms with van der Waals surface area (Å²) in [6.07, 6.45) is 1.70. The number of fused-ring (bicyclic) bond motifs is 1. The Labute approximate surface area is 165 Å². The highest BCUT2D eigenvalue weighted by molar-refractivity contribution is 7.18. The van der Waals surface area contributed by atoms with Crippen LogP contribution in [0.4, 0.5) is 5.82 Å². The molecule has 4 rings (SSSR count). The predicted molar refractivity (Wildman–Crippen MR) is 110 cm³/mol. The number of carbonyl (C=O) groups is 1. The van der Waals surface area contributed by atoms with Gasteiger partial charge in [-0.25, -0.2) is 9.67 Å². The zero-order valence-corrected chi connectivity index (χ0v) is 16.5. The van der Waals surface area contributed by atoms with Crippen molar-refractivity contribution in [2.45, 2.75) is 13.1 Å². The number of amides is 1. The molecule has 6 nitrogen and oxygen atoms in total. The van der Waals surface area contributed by atoms with Gasteiger partial charge in [-0.1, -0.05) is 18.2 Å². The van der Waals surface area contributed by atoms with Gasteiger partial charge < -0.3 is 5.32 Å². The molecule has 0 radical (unpaired) electrons. The first-order valence-electron chi connectivity index (χ1n) is 8.54. The fourth-order valence-electron chi connectivity index (χ4n) is 2.82. The minimum atomic E-state index is -0.0634. The van der Waals surface area contributed by atoms with Crippen molar-refractivity contribution in [1.29, 1.82) is 0 Å². The number of rotatable bonds is 7. The summed E-state index contributed by atoms with van der Waals surface area (Å²) in [7, 11) is 1.93. The van der Waals surface area contributed by atoms with Gasteiger partial charge in [0.05, 0.1) is 36.0 Å². The van der Waals surface area contributed by atoms with Crippen LogP contribution in [-0.4, -0.2) is 39.2 Å². The van der Waals surface area contributed by atoms with Gasteiger partial charge in [0, 0.05) is 10.9 Å². The van der Waals surface area contributed by atoms with E-state index in [-0.39, 0.29) is 5.91 Å². The van der Waals surface area contributed by atoms with Gasteiger partial charge in [-0.3, -0.25) is 9.69 Å². The molecule has 3 heterocycles. The molecule has 4 aromatic rings. The Morgan fingerprint density at radius 3 is 2.93 bits per heavy atom. The third kappa shape index (κ3) is 4.41. The molecule has 0 spiro atoms. The molecule has 0 unspecified atom stereocenters. The van der Waals surface area contributed by atoms with Crippen LogP contribution < -0.4 is 5.32 Å². The number of likely N-dealkylation sites (N-methyl/N-ethyl adjacent to an activating group) is 1. The van der Waals surface area contributed by atoms with Crippen molar-refractivity contribution in [2.24, 2.45) is 0 Å². The summed E-state index contributed by atoms with van der Waals surface area (Å²) >= 11 is 3.34. The second kappa shape index (κ2) is 7.99. The Kier molecular flexibility index (Phi) is 5.28. The SMILES string of the molecule is CN(CC(=O)Nc1ccnn1Cc1cccs1)Cc1nc2ccccc2s1. The molecule has 0 saturated carbocycles. The lowest BCUT2D eigenvalue weighted by atomic mass is 10.3. The number of hydrogen-bond acceptors (Lipinski definition) is 6. The number of thiazole rings is 1. The van der Waals surface area contributed by atoms with Gasteiger partial charge in [-0.15, -0.1) is 22.7 Å². The molecule has 0 aliphatic heterocycles. The molecule has 0 bridgehead atoms. The van der Waals surface area contributed by atoms with E-state index in [1.807, 2.05) is 47.7 Å². The normalized spacial score (nSPS) is 11.3. The van der Waals surface area contributed by atoms with E-state index in [1.54, 1.807) is 33.6 Å². The highest BCUT2D eigenvalue weighted by atomic mass is 32.1.